The first-order chi connectivity index (χ1) is 7.40. The van der Waals surface area contributed by atoms with Gasteiger partial charge in [0.05, 0.1) is 12.4 Å². The van der Waals surface area contributed by atoms with E-state index in [1.165, 1.54) is 25.3 Å². The van der Waals surface area contributed by atoms with Gasteiger partial charge in [-0.25, -0.2) is 8.42 Å². The van der Waals surface area contributed by atoms with Crippen LogP contribution in [0, 0.1) is 0 Å². The van der Waals surface area contributed by atoms with Crippen LogP contribution in [0.4, 0.5) is 0 Å². The Bertz CT molecular complexity index is 497. The quantitative estimate of drug-likeness (QED) is 0.394. The maximum atomic E-state index is 10.9. The van der Waals surface area contributed by atoms with Crippen molar-refractivity contribution in [2.24, 2.45) is 0 Å². The number of hydrogen-bond acceptors (Lipinski definition) is 5. The van der Waals surface area contributed by atoms with Crippen molar-refractivity contribution < 1.29 is 52.4 Å². The molecule has 0 aliphatic heterocycles. The van der Waals surface area contributed by atoms with E-state index < -0.39 is 15.4 Å². The molecule has 17 heavy (non-hydrogen) atoms. The summed E-state index contributed by atoms with van der Waals surface area (Å²) in [6.07, 6.45) is 1.04. The van der Waals surface area contributed by atoms with Gasteiger partial charge in [0, 0.05) is 0 Å². The summed E-state index contributed by atoms with van der Waals surface area (Å²) >= 11 is 0. The number of phenolic OH excluding ortho intramolecular Hbond substituents is 1. The molecular weight excluding hydrogens is 255 g/mol. The van der Waals surface area contributed by atoms with Gasteiger partial charge in [0.15, 0.2) is 11.5 Å². The van der Waals surface area contributed by atoms with Crippen LogP contribution in [0.2, 0.25) is 0 Å². The minimum absolute atomic E-state index is 0. The molecule has 0 aromatic heterocycles. The Morgan fingerprint density at radius 2 is 2.12 bits per heavy atom. The molecule has 0 spiro atoms. The molecule has 1 unspecified atom stereocenters. The second-order valence-electron chi connectivity index (χ2n) is 3.08. The normalized spacial score (nSPS) is 12.4. The molecule has 0 bridgehead atoms. The van der Waals surface area contributed by atoms with E-state index in [1.807, 2.05) is 0 Å². The zero-order chi connectivity index (χ0) is 12.3. The van der Waals surface area contributed by atoms with Crippen LogP contribution in [-0.4, -0.2) is 25.2 Å². The summed E-state index contributed by atoms with van der Waals surface area (Å²) in [5, 5.41) is 7.97. The maximum Gasteiger partial charge on any atom is 1.00 e. The Balaban J connectivity index is 0.00000256. The first-order valence-corrected chi connectivity index (χ1v) is 5.81. The van der Waals surface area contributed by atoms with E-state index in [-0.39, 0.29) is 46.6 Å². The monoisotopic (exact) mass is 266 g/mol. The van der Waals surface area contributed by atoms with Gasteiger partial charge in [0.2, 0.25) is 0 Å². The topological polar surface area (TPSA) is 86.7 Å². The van der Waals surface area contributed by atoms with Gasteiger partial charge in [-0.05, 0) is 17.7 Å². The molecule has 1 aromatic carbocycles. The van der Waals surface area contributed by atoms with Crippen LogP contribution in [0.25, 0.3) is 0 Å². The van der Waals surface area contributed by atoms with Gasteiger partial charge in [-0.15, -0.1) is 6.58 Å². The van der Waals surface area contributed by atoms with E-state index in [2.05, 4.69) is 6.58 Å². The number of methoxy groups -OCH3 is 1. The van der Waals surface area contributed by atoms with Gasteiger partial charge in [-0.2, -0.15) is 0 Å². The van der Waals surface area contributed by atoms with Crippen LogP contribution in [0.15, 0.2) is 30.9 Å². The fourth-order valence-electron chi connectivity index (χ4n) is 1.29. The fraction of sp³-hybridized carbons (Fsp3) is 0.200. The number of phenols is 1. The van der Waals surface area contributed by atoms with Crippen molar-refractivity contribution in [2.75, 3.05) is 7.11 Å². The summed E-state index contributed by atoms with van der Waals surface area (Å²) in [6, 6.07) is 3.88. The van der Waals surface area contributed by atoms with Crippen LogP contribution in [0.5, 0.6) is 11.5 Å². The van der Waals surface area contributed by atoms with Crippen LogP contribution in [0.3, 0.4) is 0 Å². The number of rotatable bonds is 4. The van der Waals surface area contributed by atoms with Crippen molar-refractivity contribution in [1.82, 2.24) is 0 Å². The maximum absolute atomic E-state index is 10.9. The SMILES string of the molecule is C=CC(c1ccc(O)c(OC)c1)S(=O)(=O)[O-].[Na+]. The zero-order valence-corrected chi connectivity index (χ0v) is 12.4. The van der Waals surface area contributed by atoms with Gasteiger partial charge >= 0.3 is 29.6 Å². The van der Waals surface area contributed by atoms with Gasteiger partial charge in [-0.3, -0.25) is 0 Å². The van der Waals surface area contributed by atoms with Gasteiger partial charge in [0.1, 0.15) is 10.1 Å². The molecule has 1 aromatic rings. The predicted molar refractivity (Wildman–Crippen MR) is 57.3 cm³/mol. The minimum Gasteiger partial charge on any atom is -0.747 e. The average molecular weight is 266 g/mol. The third kappa shape index (κ3) is 4.01. The molecule has 1 rings (SSSR count). The van der Waals surface area contributed by atoms with E-state index in [4.69, 9.17) is 4.74 Å². The molecule has 7 heteroatoms. The molecule has 0 saturated carbocycles. The third-order valence-corrected chi connectivity index (χ3v) is 3.14. The fourth-order valence-corrected chi connectivity index (χ4v) is 2.01. The Labute approximate surface area is 122 Å². The Morgan fingerprint density at radius 3 is 2.53 bits per heavy atom. The molecule has 0 radical (unpaired) electrons. The minimum atomic E-state index is -4.51. The van der Waals surface area contributed by atoms with Crippen molar-refractivity contribution in [3.05, 3.63) is 36.4 Å². The number of benzene rings is 1. The largest absolute Gasteiger partial charge is 1.00 e. The molecule has 0 fully saturated rings. The molecule has 0 amide bonds. The van der Waals surface area contributed by atoms with Crippen molar-refractivity contribution in [3.8, 4) is 11.5 Å². The van der Waals surface area contributed by atoms with Gasteiger partial charge in [0.25, 0.3) is 0 Å². The second kappa shape index (κ2) is 6.42. The van der Waals surface area contributed by atoms with E-state index in [0.29, 0.717) is 0 Å². The number of aromatic hydroxyl groups is 1. The Kier molecular flexibility index (Phi) is 6.22. The van der Waals surface area contributed by atoms with Crippen LogP contribution >= 0.6 is 0 Å². The first-order valence-electron chi connectivity index (χ1n) is 4.34. The van der Waals surface area contributed by atoms with Crippen LogP contribution in [-0.2, 0) is 10.1 Å². The van der Waals surface area contributed by atoms with Crippen molar-refractivity contribution >= 4 is 10.1 Å². The summed E-state index contributed by atoms with van der Waals surface area (Å²) in [4.78, 5) is 0. The molecule has 1 atom stereocenters. The summed E-state index contributed by atoms with van der Waals surface area (Å²) in [5.41, 5.74) is 0.208. The summed E-state index contributed by atoms with van der Waals surface area (Å²) < 4.78 is 37.6. The van der Waals surface area contributed by atoms with E-state index in [0.717, 1.165) is 6.08 Å². The second-order valence-corrected chi connectivity index (χ2v) is 4.57. The van der Waals surface area contributed by atoms with Gasteiger partial charge < -0.3 is 14.4 Å². The average Bonchev–Trinajstić information content (AvgIpc) is 2.19. The van der Waals surface area contributed by atoms with E-state index in [9.17, 15) is 18.1 Å². The molecule has 88 valence electrons. The molecule has 0 aliphatic rings. The molecule has 1 N–H and O–H groups in total. The van der Waals surface area contributed by atoms with Crippen molar-refractivity contribution in [3.63, 3.8) is 0 Å². The zero-order valence-electron chi connectivity index (χ0n) is 9.58. The summed E-state index contributed by atoms with van der Waals surface area (Å²) in [6.45, 7) is 3.30. The smallest absolute Gasteiger partial charge is 0.747 e. The number of ether oxygens (including phenoxy) is 1. The molecular formula is C10H11NaO5S. The Hall–Kier alpha value is -0.530. The van der Waals surface area contributed by atoms with E-state index in [1.54, 1.807) is 0 Å². The summed E-state index contributed by atoms with van der Waals surface area (Å²) in [7, 11) is -3.18. The molecule has 0 aliphatic carbocycles. The molecule has 0 saturated heterocycles. The van der Waals surface area contributed by atoms with Crippen LogP contribution < -0.4 is 34.3 Å². The molecule has 0 heterocycles. The van der Waals surface area contributed by atoms with Crippen molar-refractivity contribution in [1.29, 1.82) is 0 Å². The predicted octanol–water partition coefficient (Wildman–Crippen LogP) is -1.82. The third-order valence-electron chi connectivity index (χ3n) is 2.06. The van der Waals surface area contributed by atoms with Crippen molar-refractivity contribution in [2.45, 2.75) is 5.25 Å². The van der Waals surface area contributed by atoms with Gasteiger partial charge in [-0.1, -0.05) is 12.1 Å². The van der Waals surface area contributed by atoms with E-state index >= 15 is 0 Å². The molecule has 5 nitrogen and oxygen atoms in total. The van der Waals surface area contributed by atoms with Crippen LogP contribution in [0.1, 0.15) is 10.8 Å². The Morgan fingerprint density at radius 1 is 1.53 bits per heavy atom. The number of hydrogen-bond donors (Lipinski definition) is 1. The summed E-state index contributed by atoms with van der Waals surface area (Å²) in [5.74, 6) is -0.0228. The standard InChI is InChI=1S/C10H12O5S.Na/c1-3-10(16(12,13)14)7-4-5-8(11)9(6-7)15-2;/h3-6,10-11H,1H2,2H3,(H,12,13,14);/q;+1/p-1. The first kappa shape index (κ1) is 16.5.